The second-order valence-electron chi connectivity index (χ2n) is 13.8. The molecule has 0 radical (unpaired) electrons. The van der Waals surface area contributed by atoms with Crippen LogP contribution in [0.1, 0.15) is 37.1 Å². The molecule has 0 saturated carbocycles. The SMILES string of the molecule is CSCC[C@H](NC(=O)NC(Cc1cccc(O)c1)C(=O)O)C(=O)N[C@@H](C(=O)NC=C1CC(O)C(n2ccc(=O)[nH]c2=O)O1)C(C)N(C)C(=O)[C@@H](N)Cc1cccc(O)c1. The number of amides is 5. The van der Waals surface area contributed by atoms with Crippen molar-refractivity contribution in [3.8, 4) is 11.5 Å². The number of phenolic OH excluding ortho intramolecular Hbond substituents is 2. The molecule has 59 heavy (non-hydrogen) atoms. The fourth-order valence-corrected chi connectivity index (χ4v) is 6.62. The Morgan fingerprint density at radius 1 is 0.983 bits per heavy atom. The number of aromatic hydroxyl groups is 2. The van der Waals surface area contributed by atoms with Crippen molar-refractivity contribution in [1.82, 2.24) is 35.7 Å². The number of carboxylic acids is 1. The van der Waals surface area contributed by atoms with Crippen LogP contribution in [0.2, 0.25) is 0 Å². The lowest BCUT2D eigenvalue weighted by molar-refractivity contribution is -0.139. The van der Waals surface area contributed by atoms with E-state index in [4.69, 9.17) is 10.5 Å². The molecule has 21 heteroatoms. The molecule has 0 spiro atoms. The molecular weight excluding hydrogens is 793 g/mol. The van der Waals surface area contributed by atoms with Gasteiger partial charge in [0.15, 0.2) is 0 Å². The van der Waals surface area contributed by atoms with E-state index in [2.05, 4.69) is 26.3 Å². The lowest BCUT2D eigenvalue weighted by atomic mass is 10.0. The van der Waals surface area contributed by atoms with Gasteiger partial charge in [-0.05, 0) is 67.2 Å². The zero-order valence-corrected chi connectivity index (χ0v) is 33.2. The average Bonchev–Trinajstić information content (AvgIpc) is 3.55. The molecule has 7 atom stereocenters. The van der Waals surface area contributed by atoms with Crippen LogP contribution >= 0.6 is 11.8 Å². The minimum absolute atomic E-state index is 0.0252. The van der Waals surface area contributed by atoms with Gasteiger partial charge in [0.05, 0.1) is 12.1 Å². The molecule has 0 bridgehead atoms. The number of carbonyl (C=O) groups is 5. The van der Waals surface area contributed by atoms with E-state index in [1.54, 1.807) is 24.5 Å². The Labute approximate surface area is 341 Å². The number of nitrogens with one attached hydrogen (secondary N) is 5. The van der Waals surface area contributed by atoms with Crippen molar-refractivity contribution in [3.05, 3.63) is 105 Å². The Balaban J connectivity index is 1.55. The molecule has 5 amide bonds. The molecule has 0 aliphatic carbocycles. The molecule has 20 nitrogen and oxygen atoms in total. The van der Waals surface area contributed by atoms with E-state index in [0.717, 1.165) is 27.9 Å². The van der Waals surface area contributed by atoms with Gasteiger partial charge in [0.2, 0.25) is 23.9 Å². The number of H-pyrrole nitrogens is 1. The fourth-order valence-electron chi connectivity index (χ4n) is 6.14. The largest absolute Gasteiger partial charge is 0.508 e. The third kappa shape index (κ3) is 12.8. The number of aliphatic hydroxyl groups is 1. The number of hydrogen-bond donors (Lipinski definition) is 10. The summed E-state index contributed by atoms with van der Waals surface area (Å²) >= 11 is 1.35. The molecule has 3 aromatic rings. The van der Waals surface area contributed by atoms with Crippen molar-refractivity contribution < 1.29 is 49.1 Å². The highest BCUT2D eigenvalue weighted by molar-refractivity contribution is 7.98. The van der Waals surface area contributed by atoms with Crippen LogP contribution in [-0.4, -0.2) is 120 Å². The smallest absolute Gasteiger partial charge is 0.331 e. The van der Waals surface area contributed by atoms with Gasteiger partial charge in [0, 0.05) is 38.4 Å². The number of phenols is 2. The summed E-state index contributed by atoms with van der Waals surface area (Å²) in [6.45, 7) is 1.47. The molecule has 4 rings (SSSR count). The first kappa shape index (κ1) is 45.4. The van der Waals surface area contributed by atoms with Crippen molar-refractivity contribution in [2.24, 2.45) is 5.73 Å². The number of aliphatic carboxylic acids is 1. The number of thioether (sulfide) groups is 1. The Kier molecular flexibility index (Phi) is 16.1. The summed E-state index contributed by atoms with van der Waals surface area (Å²) in [5.74, 6) is -3.47. The van der Waals surface area contributed by atoms with Crippen molar-refractivity contribution >= 4 is 41.5 Å². The van der Waals surface area contributed by atoms with Crippen LogP contribution in [-0.2, 0) is 36.8 Å². The maximum absolute atomic E-state index is 13.9. The van der Waals surface area contributed by atoms with Gasteiger partial charge >= 0.3 is 17.7 Å². The van der Waals surface area contributed by atoms with Gasteiger partial charge in [-0.3, -0.25) is 28.7 Å². The van der Waals surface area contributed by atoms with Crippen molar-refractivity contribution in [3.63, 3.8) is 0 Å². The summed E-state index contributed by atoms with van der Waals surface area (Å²) in [4.78, 5) is 93.8. The molecule has 1 aliphatic heterocycles. The summed E-state index contributed by atoms with van der Waals surface area (Å²) in [7, 11) is 1.37. The second-order valence-corrected chi connectivity index (χ2v) is 14.8. The molecule has 1 saturated heterocycles. The monoisotopic (exact) mass is 840 g/mol. The zero-order valence-electron chi connectivity index (χ0n) is 32.4. The summed E-state index contributed by atoms with van der Waals surface area (Å²) < 4.78 is 6.65. The third-order valence-corrected chi connectivity index (χ3v) is 10.0. The van der Waals surface area contributed by atoms with Gasteiger partial charge in [0.25, 0.3) is 5.56 Å². The highest BCUT2D eigenvalue weighted by Gasteiger charge is 2.37. The van der Waals surface area contributed by atoms with E-state index in [1.807, 2.05) is 0 Å². The summed E-state index contributed by atoms with van der Waals surface area (Å²) in [5.41, 5.74) is 5.75. The third-order valence-electron chi connectivity index (χ3n) is 9.40. The quantitative estimate of drug-likeness (QED) is 0.0751. The number of rotatable bonds is 18. The van der Waals surface area contributed by atoms with E-state index < -0.39 is 83.5 Å². The van der Waals surface area contributed by atoms with Crippen LogP contribution in [0.4, 0.5) is 4.79 Å². The van der Waals surface area contributed by atoms with Crippen molar-refractivity contribution in [1.29, 1.82) is 0 Å². The lowest BCUT2D eigenvalue weighted by Gasteiger charge is -2.34. The van der Waals surface area contributed by atoms with Crippen LogP contribution < -0.4 is 38.2 Å². The molecule has 11 N–H and O–H groups in total. The standard InChI is InChI=1S/C38H48N8O12S/c1-20(45(2)34(53)26(39)16-21-6-4-8-23(47)14-21)31(33(52)40-19-25-18-29(49)35(58-25)46-12-10-30(50)43-38(46)57)44-32(51)27(11-13-59-3)41-37(56)42-28(36(54)55)17-22-7-5-9-24(48)15-22/h4-10,12,14-15,19-20,26-29,31,35,47-49H,11,13,16-18,39H2,1-3H3,(H,40,52)(H,44,51)(H,54,55)(H2,41,42,56)(H,43,50,57)/t20?,26-,27-,28?,29?,31+,35?/m0/s1. The minimum Gasteiger partial charge on any atom is -0.508 e. The van der Waals surface area contributed by atoms with E-state index in [9.17, 15) is 54.0 Å². The summed E-state index contributed by atoms with van der Waals surface area (Å²) in [6, 6.07) is 5.55. The average molecular weight is 841 g/mol. The zero-order chi connectivity index (χ0) is 43.4. The van der Waals surface area contributed by atoms with E-state index in [1.165, 1.54) is 56.1 Å². The number of carboxylic acid groups (broad SMARTS) is 1. The van der Waals surface area contributed by atoms with Gasteiger partial charge in [0.1, 0.15) is 41.5 Å². The number of aromatic nitrogens is 2. The number of hydrogen-bond acceptors (Lipinski definition) is 13. The van der Waals surface area contributed by atoms with Gasteiger partial charge < -0.3 is 57.1 Å². The molecular formula is C38H48N8O12S. The highest BCUT2D eigenvalue weighted by Crippen LogP contribution is 2.30. The highest BCUT2D eigenvalue weighted by atomic mass is 32.2. The maximum atomic E-state index is 13.9. The maximum Gasteiger partial charge on any atom is 0.331 e. The summed E-state index contributed by atoms with van der Waals surface area (Å²) in [5, 5.41) is 50.0. The Hall–Kier alpha value is -6.32. The summed E-state index contributed by atoms with van der Waals surface area (Å²) in [6.07, 6.45) is 1.22. The predicted molar refractivity (Wildman–Crippen MR) is 214 cm³/mol. The first-order valence-electron chi connectivity index (χ1n) is 18.3. The molecule has 318 valence electrons. The minimum atomic E-state index is -1.52. The number of nitrogens with zero attached hydrogens (tertiary/aromatic N) is 2. The number of aromatic amines is 1. The number of ether oxygens (including phenoxy) is 1. The lowest BCUT2D eigenvalue weighted by Crippen LogP contribution is -2.62. The fraction of sp³-hybridized carbons (Fsp3) is 0.395. The molecule has 4 unspecified atom stereocenters. The first-order valence-corrected chi connectivity index (χ1v) is 19.7. The molecule has 1 aliphatic rings. The first-order chi connectivity index (χ1) is 28.0. The van der Waals surface area contributed by atoms with Gasteiger partial charge in [-0.15, -0.1) is 0 Å². The van der Waals surface area contributed by atoms with Gasteiger partial charge in [-0.2, -0.15) is 11.8 Å². The Morgan fingerprint density at radius 3 is 2.20 bits per heavy atom. The Bertz CT molecular complexity index is 2140. The van der Waals surface area contributed by atoms with E-state index in [0.29, 0.717) is 16.9 Å². The molecule has 1 fully saturated rings. The normalized spacial score (nSPS) is 18.0. The van der Waals surface area contributed by atoms with Crippen molar-refractivity contribution in [2.75, 3.05) is 19.1 Å². The van der Waals surface area contributed by atoms with Gasteiger partial charge in [-0.25, -0.2) is 14.4 Å². The number of likely N-dealkylation sites (N-methyl/N-ethyl adjacent to an activating group) is 1. The van der Waals surface area contributed by atoms with Crippen LogP contribution in [0.5, 0.6) is 11.5 Å². The number of aliphatic hydroxyl groups excluding tert-OH is 1. The van der Waals surface area contributed by atoms with E-state index >= 15 is 0 Å². The Morgan fingerprint density at radius 2 is 1.61 bits per heavy atom. The number of nitrogens with two attached hydrogens (primary N) is 1. The number of urea groups is 1. The second kappa shape index (κ2) is 20.9. The van der Waals surface area contributed by atoms with Gasteiger partial charge in [-0.1, -0.05) is 24.3 Å². The van der Waals surface area contributed by atoms with Crippen LogP contribution in [0.3, 0.4) is 0 Å². The van der Waals surface area contributed by atoms with Crippen LogP contribution in [0.15, 0.2) is 82.3 Å². The molecule has 2 heterocycles. The van der Waals surface area contributed by atoms with Crippen LogP contribution in [0, 0.1) is 0 Å². The number of carbonyl (C=O) groups excluding carboxylic acids is 4. The number of benzene rings is 2. The molecule has 2 aromatic carbocycles. The van der Waals surface area contributed by atoms with E-state index in [-0.39, 0.29) is 42.9 Å². The predicted octanol–water partition coefficient (Wildman–Crippen LogP) is -0.796. The topological polar surface area (TPSA) is 308 Å². The van der Waals surface area contributed by atoms with Crippen molar-refractivity contribution in [2.45, 2.75) is 75.1 Å². The molecule has 1 aromatic heterocycles. The van der Waals surface area contributed by atoms with Crippen LogP contribution in [0.25, 0.3) is 0 Å².